The first-order valence-electron chi connectivity index (χ1n) is 20.6. The van der Waals surface area contributed by atoms with Crippen molar-refractivity contribution in [3.63, 3.8) is 0 Å². The van der Waals surface area contributed by atoms with Gasteiger partial charge in [-0.15, -0.1) is 0 Å². The highest BCUT2D eigenvalue weighted by molar-refractivity contribution is 5.55. The molecule has 0 radical (unpaired) electrons. The highest BCUT2D eigenvalue weighted by Crippen LogP contribution is 2.34. The van der Waals surface area contributed by atoms with Gasteiger partial charge in [0.1, 0.15) is 23.0 Å². The van der Waals surface area contributed by atoms with Crippen LogP contribution in [0, 0.1) is 0 Å². The summed E-state index contributed by atoms with van der Waals surface area (Å²) in [4.78, 5) is 4.66. The second-order valence-corrected chi connectivity index (χ2v) is 16.1. The minimum absolute atomic E-state index is 0.0336. The maximum atomic E-state index is 10.7. The van der Waals surface area contributed by atoms with Gasteiger partial charge in [0.05, 0.1) is 6.67 Å². The van der Waals surface area contributed by atoms with E-state index < -0.39 is 0 Å². The Bertz CT molecular complexity index is 2180. The van der Waals surface area contributed by atoms with E-state index in [9.17, 15) is 10.2 Å². The molecule has 0 amide bonds. The number of rotatable bonds is 19. The standard InChI is InChI=1S/C51H60N4O3/c1-7-50(4,5)53-43-24-32-47(33-25-43)58-46-30-22-42(23-31-46)52-37-54(35-40-14-10-12-16-48(40)56)44-26-18-38(19-27-44)34-39-20-28-45(29-21-39)55(51(6,8-2)9-3)36-41-15-11-13-17-49(41)57/h10-33,52-53,56-57H,7-9,34-37H2,1-6H3. The lowest BCUT2D eigenvalue weighted by atomic mass is 9.91. The summed E-state index contributed by atoms with van der Waals surface area (Å²) in [5.41, 5.74) is 8.46. The van der Waals surface area contributed by atoms with Gasteiger partial charge in [-0.1, -0.05) is 81.4 Å². The number of anilines is 4. The number of nitrogens with one attached hydrogen (secondary N) is 2. The first-order chi connectivity index (χ1) is 28.0. The monoisotopic (exact) mass is 776 g/mol. The molecule has 0 aromatic heterocycles. The number of para-hydroxylation sites is 2. The highest BCUT2D eigenvalue weighted by Gasteiger charge is 2.29. The second-order valence-electron chi connectivity index (χ2n) is 16.1. The van der Waals surface area contributed by atoms with E-state index in [2.05, 4.69) is 123 Å². The molecule has 0 aliphatic rings. The molecule has 58 heavy (non-hydrogen) atoms. The van der Waals surface area contributed by atoms with Crippen molar-refractivity contribution >= 4 is 22.7 Å². The summed E-state index contributed by atoms with van der Waals surface area (Å²) < 4.78 is 6.15. The number of phenols is 2. The lowest BCUT2D eigenvalue weighted by Crippen LogP contribution is -2.45. The average molecular weight is 777 g/mol. The van der Waals surface area contributed by atoms with Gasteiger partial charge in [0.25, 0.3) is 0 Å². The Labute approximate surface area is 346 Å². The van der Waals surface area contributed by atoms with Crippen LogP contribution in [0.1, 0.15) is 83.1 Å². The highest BCUT2D eigenvalue weighted by atomic mass is 16.5. The van der Waals surface area contributed by atoms with Gasteiger partial charge < -0.3 is 35.4 Å². The molecule has 0 bridgehead atoms. The van der Waals surface area contributed by atoms with E-state index in [1.807, 2.05) is 72.8 Å². The van der Waals surface area contributed by atoms with Gasteiger partial charge in [0.15, 0.2) is 0 Å². The summed E-state index contributed by atoms with van der Waals surface area (Å²) in [6.07, 6.45) is 3.83. The van der Waals surface area contributed by atoms with Gasteiger partial charge >= 0.3 is 0 Å². The quantitative estimate of drug-likeness (QED) is 0.0610. The average Bonchev–Trinajstić information content (AvgIpc) is 3.24. The third kappa shape index (κ3) is 10.9. The van der Waals surface area contributed by atoms with E-state index in [0.29, 0.717) is 25.5 Å². The summed E-state index contributed by atoms with van der Waals surface area (Å²) in [7, 11) is 0. The molecule has 0 unspecified atom stereocenters. The Kier molecular flexibility index (Phi) is 13.5. The van der Waals surface area contributed by atoms with E-state index in [1.54, 1.807) is 12.1 Å². The third-order valence-electron chi connectivity index (χ3n) is 11.6. The van der Waals surface area contributed by atoms with Gasteiger partial charge in [-0.25, -0.2) is 0 Å². The van der Waals surface area contributed by atoms with Gasteiger partial charge in [-0.05, 0) is 143 Å². The molecule has 6 aromatic rings. The van der Waals surface area contributed by atoms with Gasteiger partial charge in [0, 0.05) is 58.0 Å². The molecule has 302 valence electrons. The van der Waals surface area contributed by atoms with Crippen LogP contribution in [0.15, 0.2) is 146 Å². The number of aromatic hydroxyl groups is 2. The fourth-order valence-corrected chi connectivity index (χ4v) is 7.03. The van der Waals surface area contributed by atoms with Gasteiger partial charge in [0.2, 0.25) is 0 Å². The fraction of sp³-hybridized carbons (Fsp3) is 0.294. The van der Waals surface area contributed by atoms with Crippen molar-refractivity contribution in [2.75, 3.05) is 27.1 Å². The molecular formula is C51H60N4O3. The van der Waals surface area contributed by atoms with E-state index in [-0.39, 0.29) is 16.8 Å². The Morgan fingerprint density at radius 2 is 1.02 bits per heavy atom. The molecule has 6 aromatic carbocycles. The summed E-state index contributed by atoms with van der Waals surface area (Å²) in [5.74, 6) is 2.17. The van der Waals surface area contributed by atoms with Crippen molar-refractivity contribution in [1.82, 2.24) is 0 Å². The zero-order valence-corrected chi connectivity index (χ0v) is 35.0. The summed E-state index contributed by atoms with van der Waals surface area (Å²) in [6, 6.07) is 48.8. The molecule has 0 aliphatic heterocycles. The van der Waals surface area contributed by atoms with Crippen LogP contribution in [0.25, 0.3) is 0 Å². The van der Waals surface area contributed by atoms with Gasteiger partial charge in [-0.2, -0.15) is 0 Å². The predicted molar refractivity (Wildman–Crippen MR) is 243 cm³/mol. The van der Waals surface area contributed by atoms with E-state index >= 15 is 0 Å². The van der Waals surface area contributed by atoms with Crippen molar-refractivity contribution < 1.29 is 14.9 Å². The van der Waals surface area contributed by atoms with Crippen LogP contribution >= 0.6 is 0 Å². The molecule has 6 rings (SSSR count). The molecule has 0 spiro atoms. The van der Waals surface area contributed by atoms with Crippen LogP contribution in [0.2, 0.25) is 0 Å². The summed E-state index contributed by atoms with van der Waals surface area (Å²) >= 11 is 0. The first kappa shape index (κ1) is 41.6. The Morgan fingerprint density at radius 1 is 0.534 bits per heavy atom. The van der Waals surface area contributed by atoms with E-state index in [1.165, 1.54) is 11.1 Å². The maximum absolute atomic E-state index is 10.7. The van der Waals surface area contributed by atoms with Crippen LogP contribution in [0.5, 0.6) is 23.0 Å². The van der Waals surface area contributed by atoms with E-state index in [0.717, 1.165) is 71.1 Å². The molecule has 0 saturated heterocycles. The normalized spacial score (nSPS) is 11.6. The van der Waals surface area contributed by atoms with Crippen molar-refractivity contribution in [3.05, 3.63) is 168 Å². The smallest absolute Gasteiger partial charge is 0.127 e. The number of ether oxygens (including phenoxy) is 1. The maximum Gasteiger partial charge on any atom is 0.127 e. The number of nitrogens with zero attached hydrogens (tertiary/aromatic N) is 2. The predicted octanol–water partition coefficient (Wildman–Crippen LogP) is 12.7. The molecular weight excluding hydrogens is 717 g/mol. The Balaban J connectivity index is 1.12. The second kappa shape index (κ2) is 18.9. The van der Waals surface area contributed by atoms with Crippen LogP contribution in [-0.4, -0.2) is 28.0 Å². The van der Waals surface area contributed by atoms with Crippen LogP contribution < -0.4 is 25.2 Å². The lowest BCUT2D eigenvalue weighted by molar-refractivity contribution is 0.385. The molecule has 7 nitrogen and oxygen atoms in total. The Hall–Kier alpha value is -6.08. The van der Waals surface area contributed by atoms with Crippen molar-refractivity contribution in [2.45, 2.75) is 91.4 Å². The fourth-order valence-electron chi connectivity index (χ4n) is 7.03. The molecule has 0 aliphatic carbocycles. The Morgan fingerprint density at radius 3 is 1.52 bits per heavy atom. The number of hydrogen-bond donors (Lipinski definition) is 4. The van der Waals surface area contributed by atoms with Gasteiger partial charge in [-0.3, -0.25) is 0 Å². The van der Waals surface area contributed by atoms with Crippen molar-refractivity contribution in [3.8, 4) is 23.0 Å². The minimum Gasteiger partial charge on any atom is -0.508 e. The zero-order chi connectivity index (χ0) is 41.1. The van der Waals surface area contributed by atoms with Crippen LogP contribution in [-0.2, 0) is 19.5 Å². The van der Waals surface area contributed by atoms with Crippen LogP contribution in [0.4, 0.5) is 22.7 Å². The number of phenolic OH excluding ortho intramolecular Hbond substituents is 2. The number of hydrogen-bond acceptors (Lipinski definition) is 7. The zero-order valence-electron chi connectivity index (χ0n) is 35.0. The first-order valence-corrected chi connectivity index (χ1v) is 20.6. The van der Waals surface area contributed by atoms with Crippen molar-refractivity contribution in [1.29, 1.82) is 0 Å². The third-order valence-corrected chi connectivity index (χ3v) is 11.6. The SMILES string of the molecule is CCC(C)(C)Nc1ccc(Oc2ccc(NCN(Cc3ccccc3O)c3ccc(Cc4ccc(N(Cc5ccccc5O)C(C)(CC)CC)cc4)cc3)cc2)cc1. The summed E-state index contributed by atoms with van der Waals surface area (Å²) in [6.45, 7) is 15.1. The van der Waals surface area contributed by atoms with E-state index in [4.69, 9.17) is 4.74 Å². The molecule has 7 heteroatoms. The molecule has 4 N–H and O–H groups in total. The lowest BCUT2D eigenvalue weighted by Gasteiger charge is -2.42. The number of benzene rings is 6. The molecule has 0 heterocycles. The van der Waals surface area contributed by atoms with Crippen molar-refractivity contribution in [2.24, 2.45) is 0 Å². The topological polar surface area (TPSA) is 80.2 Å². The largest absolute Gasteiger partial charge is 0.508 e. The molecule has 0 saturated carbocycles. The summed E-state index contributed by atoms with van der Waals surface area (Å²) in [5, 5.41) is 28.4. The molecule has 0 fully saturated rings. The minimum atomic E-state index is -0.0497. The molecule has 0 atom stereocenters. The van der Waals surface area contributed by atoms with Crippen LogP contribution in [0.3, 0.4) is 0 Å².